The van der Waals surface area contributed by atoms with Gasteiger partial charge in [0.05, 0.1) is 12.0 Å². The highest BCUT2D eigenvalue weighted by Gasteiger charge is 2.99. The number of carbonyl (C=O) groups excluding carboxylic acids is 4. The summed E-state index contributed by atoms with van der Waals surface area (Å²) >= 11 is 0. The molecule has 3 fully saturated rings. The van der Waals surface area contributed by atoms with Crippen LogP contribution in [-0.4, -0.2) is 53.2 Å². The lowest BCUT2D eigenvalue weighted by molar-refractivity contribution is -0.189. The third kappa shape index (κ3) is 1.76. The summed E-state index contributed by atoms with van der Waals surface area (Å²) in [6.45, 7) is 10.3. The van der Waals surface area contributed by atoms with E-state index >= 15 is 0 Å². The Hall–Kier alpha value is -2.74. The molecule has 6 atom stereocenters. The summed E-state index contributed by atoms with van der Waals surface area (Å²) in [4.78, 5) is 53.2. The van der Waals surface area contributed by atoms with Gasteiger partial charge >= 0.3 is 17.9 Å². The number of allylic oxidation sites excluding steroid dienone is 2. The van der Waals surface area contributed by atoms with E-state index in [1.807, 2.05) is 32.9 Å². The molecule has 8 heteroatoms. The van der Waals surface area contributed by atoms with E-state index in [0.29, 0.717) is 17.6 Å². The molecule has 0 aromatic heterocycles. The second kappa shape index (κ2) is 5.32. The second-order valence-corrected chi connectivity index (χ2v) is 11.0. The third-order valence-electron chi connectivity index (χ3n) is 9.13. The first-order chi connectivity index (χ1) is 15.3. The molecule has 6 rings (SSSR count). The second-order valence-electron chi connectivity index (χ2n) is 11.0. The van der Waals surface area contributed by atoms with E-state index in [1.165, 1.54) is 13.0 Å². The Bertz CT molecular complexity index is 1200. The molecule has 0 amide bonds. The van der Waals surface area contributed by atoms with Gasteiger partial charge in [-0.2, -0.15) is 0 Å². The summed E-state index contributed by atoms with van der Waals surface area (Å²) in [7, 11) is 0. The van der Waals surface area contributed by atoms with Crippen LogP contribution < -0.4 is 0 Å². The van der Waals surface area contributed by atoms with Crippen molar-refractivity contribution in [2.75, 3.05) is 6.61 Å². The standard InChI is InChI=1S/C25H26O8/c1-12-24(32-13(2)26)18(28)22(6)10-16-14-9-17(27)33-20(3,4)15(14)7-8-21(16,5)25(24,19(29)31-12)23(22)11-30-23/h7,9-10,12H,8,11H2,1-6H3. The molecule has 2 bridgehead atoms. The molecule has 2 spiro atoms. The number of hydrogen-bond donors (Lipinski definition) is 0. The van der Waals surface area contributed by atoms with E-state index in [1.54, 1.807) is 13.8 Å². The average molecular weight is 454 g/mol. The molecule has 33 heavy (non-hydrogen) atoms. The van der Waals surface area contributed by atoms with Crippen LogP contribution in [0, 0.1) is 16.2 Å². The topological polar surface area (TPSA) is 109 Å². The SMILES string of the molecule is CC(=O)OC12C(=O)C3(C)C=C4C5=CC(=O)OC(C)(C)C5=CCC4(C)C1(C(=O)OC2C)C31CO1. The van der Waals surface area contributed by atoms with Crippen molar-refractivity contribution in [3.63, 3.8) is 0 Å². The zero-order chi connectivity index (χ0) is 24.0. The van der Waals surface area contributed by atoms with Gasteiger partial charge in [0.1, 0.15) is 17.3 Å². The van der Waals surface area contributed by atoms with E-state index in [2.05, 4.69) is 0 Å². The number of Topliss-reactive ketones (excluding diaryl/α,β-unsaturated/α-hetero) is 1. The molecule has 0 aromatic carbocycles. The van der Waals surface area contributed by atoms with Crippen molar-refractivity contribution in [1.29, 1.82) is 0 Å². The molecule has 8 nitrogen and oxygen atoms in total. The van der Waals surface area contributed by atoms with Gasteiger partial charge < -0.3 is 18.9 Å². The van der Waals surface area contributed by atoms with Crippen molar-refractivity contribution >= 4 is 23.7 Å². The zero-order valence-electron chi connectivity index (χ0n) is 19.5. The van der Waals surface area contributed by atoms with Crippen LogP contribution in [0.3, 0.4) is 0 Å². The maximum atomic E-state index is 14.3. The number of rotatable bonds is 1. The Kier molecular flexibility index (Phi) is 3.36. The number of carbonyl (C=O) groups is 4. The maximum Gasteiger partial charge on any atom is 0.332 e. The normalized spacial score (nSPS) is 48.0. The predicted molar refractivity (Wildman–Crippen MR) is 111 cm³/mol. The predicted octanol–water partition coefficient (Wildman–Crippen LogP) is 2.12. The fraction of sp³-hybridized carbons (Fsp3) is 0.600. The third-order valence-corrected chi connectivity index (χ3v) is 9.13. The summed E-state index contributed by atoms with van der Waals surface area (Å²) in [6.07, 6.45) is 4.60. The van der Waals surface area contributed by atoms with Crippen LogP contribution >= 0.6 is 0 Å². The summed E-state index contributed by atoms with van der Waals surface area (Å²) in [5, 5.41) is 0. The highest BCUT2D eigenvalue weighted by atomic mass is 16.6. The zero-order valence-corrected chi connectivity index (χ0v) is 19.5. The molecule has 3 heterocycles. The summed E-state index contributed by atoms with van der Waals surface area (Å²) in [6, 6.07) is 0. The highest BCUT2D eigenvalue weighted by molar-refractivity contribution is 6.12. The number of epoxide rings is 1. The van der Waals surface area contributed by atoms with E-state index < -0.39 is 62.8 Å². The largest absolute Gasteiger partial charge is 0.457 e. The number of ether oxygens (including phenoxy) is 4. The molecule has 6 aliphatic rings. The number of esters is 3. The van der Waals surface area contributed by atoms with Crippen molar-refractivity contribution in [2.24, 2.45) is 16.2 Å². The van der Waals surface area contributed by atoms with E-state index in [9.17, 15) is 19.2 Å². The Labute approximate surface area is 190 Å². The minimum atomic E-state index is -1.84. The summed E-state index contributed by atoms with van der Waals surface area (Å²) in [5.74, 6) is -2.16. The lowest BCUT2D eigenvalue weighted by atomic mass is 9.44. The van der Waals surface area contributed by atoms with Crippen molar-refractivity contribution < 1.29 is 38.1 Å². The summed E-state index contributed by atoms with van der Waals surface area (Å²) in [5.41, 5.74) is -5.62. The minimum Gasteiger partial charge on any atom is -0.457 e. The van der Waals surface area contributed by atoms with Crippen LogP contribution in [0.5, 0.6) is 0 Å². The first-order valence-electron chi connectivity index (χ1n) is 11.2. The Morgan fingerprint density at radius 2 is 1.79 bits per heavy atom. The molecule has 3 aliphatic carbocycles. The summed E-state index contributed by atoms with van der Waals surface area (Å²) < 4.78 is 23.2. The van der Waals surface area contributed by atoms with Crippen molar-refractivity contribution in [3.8, 4) is 0 Å². The molecule has 1 saturated carbocycles. The molecule has 174 valence electrons. The van der Waals surface area contributed by atoms with Crippen molar-refractivity contribution in [1.82, 2.24) is 0 Å². The van der Waals surface area contributed by atoms with Crippen LogP contribution in [0.25, 0.3) is 0 Å². The van der Waals surface area contributed by atoms with Gasteiger partial charge in [0.2, 0.25) is 5.60 Å². The lowest BCUT2D eigenvalue weighted by Crippen LogP contribution is -2.67. The highest BCUT2D eigenvalue weighted by Crippen LogP contribution is 2.82. The molecule has 3 aliphatic heterocycles. The lowest BCUT2D eigenvalue weighted by Gasteiger charge is -2.56. The van der Waals surface area contributed by atoms with Crippen LogP contribution in [0.1, 0.15) is 48.0 Å². The van der Waals surface area contributed by atoms with Crippen LogP contribution in [-0.2, 0) is 38.1 Å². The van der Waals surface area contributed by atoms with Crippen molar-refractivity contribution in [3.05, 3.63) is 34.9 Å². The van der Waals surface area contributed by atoms with Gasteiger partial charge in [-0.05, 0) is 50.8 Å². The fourth-order valence-corrected chi connectivity index (χ4v) is 7.88. The molecule has 6 unspecified atom stereocenters. The molecule has 2 saturated heterocycles. The van der Waals surface area contributed by atoms with Gasteiger partial charge in [0.25, 0.3) is 0 Å². The Morgan fingerprint density at radius 1 is 1.12 bits per heavy atom. The molecule has 0 aromatic rings. The van der Waals surface area contributed by atoms with Crippen molar-refractivity contribution in [2.45, 2.75) is 70.9 Å². The van der Waals surface area contributed by atoms with Gasteiger partial charge in [0.15, 0.2) is 11.2 Å². The van der Waals surface area contributed by atoms with E-state index in [4.69, 9.17) is 18.9 Å². The maximum absolute atomic E-state index is 14.3. The minimum absolute atomic E-state index is 0.169. The van der Waals surface area contributed by atoms with Crippen LogP contribution in [0.4, 0.5) is 0 Å². The number of fused-ring (bicyclic) bond motifs is 3. The average Bonchev–Trinajstić information content (AvgIpc) is 3.43. The monoisotopic (exact) mass is 454 g/mol. The smallest absolute Gasteiger partial charge is 0.332 e. The Morgan fingerprint density at radius 3 is 2.39 bits per heavy atom. The number of ketones is 1. The number of hydrogen-bond acceptors (Lipinski definition) is 8. The molecular weight excluding hydrogens is 428 g/mol. The van der Waals surface area contributed by atoms with E-state index in [0.717, 1.165) is 5.57 Å². The molecule has 0 N–H and O–H groups in total. The first kappa shape index (κ1) is 20.8. The van der Waals surface area contributed by atoms with Crippen LogP contribution in [0.2, 0.25) is 0 Å². The van der Waals surface area contributed by atoms with Gasteiger partial charge in [-0.1, -0.05) is 19.1 Å². The quantitative estimate of drug-likeness (QED) is 0.337. The van der Waals surface area contributed by atoms with E-state index in [-0.39, 0.29) is 6.61 Å². The first-order valence-corrected chi connectivity index (χ1v) is 11.2. The Balaban J connectivity index is 1.74. The molecule has 0 radical (unpaired) electrons. The number of cyclic esters (lactones) is 2. The van der Waals surface area contributed by atoms with Crippen LogP contribution in [0.15, 0.2) is 34.9 Å². The van der Waals surface area contributed by atoms with Gasteiger partial charge in [-0.3, -0.25) is 14.4 Å². The molecular formula is C25H26O8. The van der Waals surface area contributed by atoms with Gasteiger partial charge in [-0.25, -0.2) is 4.79 Å². The fourth-order valence-electron chi connectivity index (χ4n) is 7.88. The van der Waals surface area contributed by atoms with Gasteiger partial charge in [-0.15, -0.1) is 0 Å². The van der Waals surface area contributed by atoms with Gasteiger partial charge in [0, 0.05) is 18.4 Å².